The molecule has 25 heavy (non-hydrogen) atoms. The lowest BCUT2D eigenvalue weighted by Gasteiger charge is -2.21. The van der Waals surface area contributed by atoms with Gasteiger partial charge in [-0.3, -0.25) is 0 Å². The van der Waals surface area contributed by atoms with Crippen LogP contribution in [0.3, 0.4) is 0 Å². The van der Waals surface area contributed by atoms with Crippen LogP contribution in [0.25, 0.3) is 0 Å². The zero-order valence-corrected chi connectivity index (χ0v) is 16.0. The number of ether oxygens (including phenoxy) is 1. The lowest BCUT2D eigenvalue weighted by Crippen LogP contribution is -2.40. The van der Waals surface area contributed by atoms with Gasteiger partial charge in [0.1, 0.15) is 5.75 Å². The van der Waals surface area contributed by atoms with Crippen molar-refractivity contribution in [1.29, 1.82) is 0 Å². The molecule has 0 aliphatic rings. The molecule has 0 unspecified atom stereocenters. The molecule has 2 aromatic carbocycles. The van der Waals surface area contributed by atoms with Crippen LogP contribution in [-0.2, 0) is 23.1 Å². The van der Waals surface area contributed by atoms with Crippen molar-refractivity contribution in [1.82, 2.24) is 10.0 Å². The van der Waals surface area contributed by atoms with Crippen LogP contribution in [0.5, 0.6) is 5.75 Å². The second-order valence-corrected chi connectivity index (χ2v) is 8.57. The van der Waals surface area contributed by atoms with E-state index < -0.39 is 15.6 Å². The van der Waals surface area contributed by atoms with Crippen molar-refractivity contribution in [2.75, 3.05) is 7.11 Å². The summed E-state index contributed by atoms with van der Waals surface area (Å²) < 4.78 is 33.1. The van der Waals surface area contributed by atoms with Gasteiger partial charge in [0.05, 0.1) is 12.0 Å². The highest BCUT2D eigenvalue weighted by Gasteiger charge is 2.23. The molecule has 0 fully saturated rings. The summed E-state index contributed by atoms with van der Waals surface area (Å²) in [5.74, 6) is 0.813. The minimum Gasteiger partial charge on any atom is -0.497 e. The van der Waals surface area contributed by atoms with E-state index in [1.165, 1.54) is 0 Å². The highest BCUT2D eigenvalue weighted by atomic mass is 32.2. The second kappa shape index (κ2) is 7.99. The number of benzene rings is 2. The maximum atomic E-state index is 12.6. The van der Waals surface area contributed by atoms with Crippen molar-refractivity contribution in [2.45, 2.75) is 44.3 Å². The zero-order valence-electron chi connectivity index (χ0n) is 15.2. The highest BCUT2D eigenvalue weighted by molar-refractivity contribution is 7.89. The fraction of sp³-hybridized carbons (Fsp3) is 0.368. The Morgan fingerprint density at radius 3 is 2.20 bits per heavy atom. The molecule has 0 radical (unpaired) electrons. The van der Waals surface area contributed by atoms with Crippen molar-refractivity contribution in [3.63, 3.8) is 0 Å². The van der Waals surface area contributed by atoms with Crippen LogP contribution in [0.15, 0.2) is 53.4 Å². The number of rotatable bonds is 7. The minimum absolute atomic E-state index is 0.312. The van der Waals surface area contributed by atoms with Gasteiger partial charge in [0.25, 0.3) is 0 Å². The summed E-state index contributed by atoms with van der Waals surface area (Å²) in [5, 5.41) is 3.30. The Balaban J connectivity index is 2.07. The average Bonchev–Trinajstić information content (AvgIpc) is 2.54. The van der Waals surface area contributed by atoms with E-state index in [1.807, 2.05) is 57.2 Å². The van der Waals surface area contributed by atoms with E-state index in [9.17, 15) is 8.42 Å². The molecule has 5 nitrogen and oxygen atoms in total. The average molecular weight is 362 g/mol. The largest absolute Gasteiger partial charge is 0.497 e. The van der Waals surface area contributed by atoms with Gasteiger partial charge in [-0.05, 0) is 50.1 Å². The van der Waals surface area contributed by atoms with E-state index in [-0.39, 0.29) is 0 Å². The normalized spacial score (nSPS) is 12.2. The molecular weight excluding hydrogens is 336 g/mol. The van der Waals surface area contributed by atoms with Crippen molar-refractivity contribution >= 4 is 10.0 Å². The Morgan fingerprint density at radius 2 is 1.60 bits per heavy atom. The molecule has 0 spiro atoms. The zero-order chi connectivity index (χ0) is 18.5. The van der Waals surface area contributed by atoms with Gasteiger partial charge in [0, 0.05) is 18.6 Å². The summed E-state index contributed by atoms with van der Waals surface area (Å²) in [6.07, 6.45) is 0. The number of sulfonamides is 1. The van der Waals surface area contributed by atoms with E-state index in [4.69, 9.17) is 4.74 Å². The van der Waals surface area contributed by atoms with Crippen LogP contribution in [-0.4, -0.2) is 21.1 Å². The van der Waals surface area contributed by atoms with Gasteiger partial charge in [-0.25, -0.2) is 13.1 Å². The van der Waals surface area contributed by atoms with Crippen LogP contribution in [0.4, 0.5) is 0 Å². The van der Waals surface area contributed by atoms with E-state index >= 15 is 0 Å². The quantitative estimate of drug-likeness (QED) is 0.794. The molecular formula is C19H26N2O3S. The molecule has 2 aromatic rings. The molecule has 0 amide bonds. The summed E-state index contributed by atoms with van der Waals surface area (Å²) in [7, 11) is -1.92. The first-order valence-corrected chi connectivity index (χ1v) is 9.65. The first-order valence-electron chi connectivity index (χ1n) is 8.17. The smallest absolute Gasteiger partial charge is 0.241 e. The molecule has 0 saturated carbocycles. The monoisotopic (exact) mass is 362 g/mol. The summed E-state index contributed by atoms with van der Waals surface area (Å²) in [6.45, 7) is 6.59. The summed E-state index contributed by atoms with van der Waals surface area (Å²) in [6, 6.07) is 14.8. The summed E-state index contributed by atoms with van der Waals surface area (Å²) in [5.41, 5.74) is 1.32. The Labute approximate surface area is 150 Å². The fourth-order valence-corrected chi connectivity index (χ4v) is 4.11. The van der Waals surface area contributed by atoms with E-state index in [0.717, 1.165) is 16.9 Å². The van der Waals surface area contributed by atoms with Gasteiger partial charge in [0.15, 0.2) is 0 Å². The lowest BCUT2D eigenvalue weighted by molar-refractivity contribution is 0.414. The van der Waals surface area contributed by atoms with Gasteiger partial charge in [-0.15, -0.1) is 0 Å². The highest BCUT2D eigenvalue weighted by Crippen LogP contribution is 2.18. The Hall–Kier alpha value is -1.89. The van der Waals surface area contributed by atoms with Gasteiger partial charge < -0.3 is 10.1 Å². The van der Waals surface area contributed by atoms with Gasteiger partial charge in [-0.2, -0.15) is 0 Å². The van der Waals surface area contributed by atoms with Crippen molar-refractivity contribution < 1.29 is 13.2 Å². The van der Waals surface area contributed by atoms with Crippen molar-refractivity contribution in [3.8, 4) is 5.75 Å². The minimum atomic E-state index is -3.56. The first kappa shape index (κ1) is 19.4. The molecule has 0 aliphatic carbocycles. The summed E-state index contributed by atoms with van der Waals surface area (Å²) >= 11 is 0. The Kier molecular flexibility index (Phi) is 6.21. The molecule has 6 heteroatoms. The van der Waals surface area contributed by atoms with Crippen molar-refractivity contribution in [3.05, 3.63) is 59.7 Å². The molecule has 0 aliphatic heterocycles. The second-order valence-electron chi connectivity index (χ2n) is 6.91. The first-order chi connectivity index (χ1) is 11.7. The molecule has 0 bridgehead atoms. The molecule has 0 heterocycles. The predicted molar refractivity (Wildman–Crippen MR) is 100 cm³/mol. The maximum Gasteiger partial charge on any atom is 0.241 e. The van der Waals surface area contributed by atoms with E-state index in [1.54, 1.807) is 19.2 Å². The molecule has 0 atom stereocenters. The topological polar surface area (TPSA) is 67.4 Å². The van der Waals surface area contributed by atoms with Gasteiger partial charge in [0.2, 0.25) is 10.0 Å². The maximum absolute atomic E-state index is 12.6. The molecule has 136 valence electrons. The van der Waals surface area contributed by atoms with E-state index in [0.29, 0.717) is 18.0 Å². The third-order valence-electron chi connectivity index (χ3n) is 3.51. The molecule has 0 aromatic heterocycles. The Bertz CT molecular complexity index is 794. The molecule has 2 rings (SSSR count). The number of hydrogen-bond acceptors (Lipinski definition) is 4. The van der Waals surface area contributed by atoms with Gasteiger partial charge in [-0.1, -0.05) is 30.3 Å². The lowest BCUT2D eigenvalue weighted by atomic mass is 10.1. The molecule has 2 N–H and O–H groups in total. The SMILES string of the molecule is COc1ccc(CNCc2ccccc2S(=O)(=O)NC(C)(C)C)cc1. The fourth-order valence-electron chi connectivity index (χ4n) is 2.46. The number of hydrogen-bond donors (Lipinski definition) is 2. The predicted octanol–water partition coefficient (Wildman–Crippen LogP) is 3.06. The third-order valence-corrected chi connectivity index (χ3v) is 5.36. The third kappa shape index (κ3) is 5.85. The van der Waals surface area contributed by atoms with Crippen LogP contribution < -0.4 is 14.8 Å². The van der Waals surface area contributed by atoms with Crippen LogP contribution in [0.2, 0.25) is 0 Å². The number of nitrogens with one attached hydrogen (secondary N) is 2. The Morgan fingerprint density at radius 1 is 0.960 bits per heavy atom. The van der Waals surface area contributed by atoms with Crippen LogP contribution in [0.1, 0.15) is 31.9 Å². The van der Waals surface area contributed by atoms with Crippen LogP contribution >= 0.6 is 0 Å². The standard InChI is InChI=1S/C19H26N2O3S/c1-19(2,3)21-25(22,23)18-8-6-5-7-16(18)14-20-13-15-9-11-17(24-4)12-10-15/h5-12,20-21H,13-14H2,1-4H3. The van der Waals surface area contributed by atoms with Crippen LogP contribution in [0, 0.1) is 0 Å². The van der Waals surface area contributed by atoms with E-state index in [2.05, 4.69) is 10.0 Å². The van der Waals surface area contributed by atoms with Gasteiger partial charge >= 0.3 is 0 Å². The van der Waals surface area contributed by atoms with Crippen molar-refractivity contribution in [2.24, 2.45) is 0 Å². The summed E-state index contributed by atoms with van der Waals surface area (Å²) in [4.78, 5) is 0.312. The molecule has 0 saturated heterocycles. The number of methoxy groups -OCH3 is 1.